The quantitative estimate of drug-likeness (QED) is 0.809. The highest BCUT2D eigenvalue weighted by atomic mass is 35.5. The zero-order valence-corrected chi connectivity index (χ0v) is 12.4. The first-order valence-electron chi connectivity index (χ1n) is 6.48. The minimum absolute atomic E-state index is 0.638. The van der Waals surface area contributed by atoms with Gasteiger partial charge < -0.3 is 9.47 Å². The minimum Gasteiger partial charge on any atom is -0.361 e. The van der Waals surface area contributed by atoms with E-state index in [1.54, 1.807) is 0 Å². The molecule has 0 saturated heterocycles. The van der Waals surface area contributed by atoms with E-state index in [9.17, 15) is 0 Å². The van der Waals surface area contributed by atoms with E-state index in [1.807, 2.05) is 12.1 Å². The molecule has 0 bridgehead atoms. The van der Waals surface area contributed by atoms with Gasteiger partial charge in [-0.1, -0.05) is 11.6 Å². The van der Waals surface area contributed by atoms with Crippen LogP contribution in [0.3, 0.4) is 0 Å². The van der Waals surface area contributed by atoms with E-state index in [-0.39, 0.29) is 0 Å². The van der Waals surface area contributed by atoms with Gasteiger partial charge in [-0.05, 0) is 37.6 Å². The molecule has 1 aromatic carbocycles. The van der Waals surface area contributed by atoms with Crippen LogP contribution in [0.15, 0.2) is 24.4 Å². The average molecular weight is 266 g/mol. The lowest BCUT2D eigenvalue weighted by molar-refractivity contribution is -0.910. The lowest BCUT2D eigenvalue weighted by Gasteiger charge is -2.34. The lowest BCUT2D eigenvalue weighted by Crippen LogP contribution is -2.46. The molecular formula is C15H22ClN2+. The Kier molecular flexibility index (Phi) is 3.69. The predicted molar refractivity (Wildman–Crippen MR) is 79.1 cm³/mol. The van der Waals surface area contributed by atoms with Gasteiger partial charge in [0.1, 0.15) is 0 Å². The summed E-state index contributed by atoms with van der Waals surface area (Å²) in [6.45, 7) is 5.68. The third kappa shape index (κ3) is 2.70. The number of likely N-dealkylation sites (N-methyl/N-ethyl adjacent to an activating group) is 1. The summed E-state index contributed by atoms with van der Waals surface area (Å²) in [4.78, 5) is 3.32. The van der Waals surface area contributed by atoms with Gasteiger partial charge in [0.05, 0.1) is 26.7 Å². The van der Waals surface area contributed by atoms with Crippen molar-refractivity contribution in [2.45, 2.75) is 26.3 Å². The van der Waals surface area contributed by atoms with Gasteiger partial charge in [0.2, 0.25) is 0 Å². The molecule has 0 aliphatic rings. The topological polar surface area (TPSA) is 15.8 Å². The van der Waals surface area contributed by atoms with E-state index in [0.717, 1.165) is 22.5 Å². The van der Waals surface area contributed by atoms with Crippen molar-refractivity contribution in [2.75, 3.05) is 20.6 Å². The van der Waals surface area contributed by atoms with E-state index >= 15 is 0 Å². The molecule has 0 fully saturated rings. The highest BCUT2D eigenvalue weighted by Crippen LogP contribution is 2.23. The first-order valence-corrected chi connectivity index (χ1v) is 6.86. The average Bonchev–Trinajstić information content (AvgIpc) is 2.68. The number of quaternary nitrogens is 1. The first kappa shape index (κ1) is 13.4. The third-order valence-electron chi connectivity index (χ3n) is 4.08. The second-order valence-electron chi connectivity index (χ2n) is 5.85. The van der Waals surface area contributed by atoms with Crippen LogP contribution in [0.25, 0.3) is 10.9 Å². The zero-order chi connectivity index (χ0) is 13.3. The molecule has 0 saturated carbocycles. The highest BCUT2D eigenvalue weighted by molar-refractivity contribution is 6.31. The maximum absolute atomic E-state index is 6.07. The van der Waals surface area contributed by atoms with Crippen LogP contribution in [0.2, 0.25) is 5.02 Å². The first-order chi connectivity index (χ1) is 8.40. The van der Waals surface area contributed by atoms with Gasteiger partial charge in [0.25, 0.3) is 0 Å². The molecule has 0 amide bonds. The monoisotopic (exact) mass is 265 g/mol. The van der Waals surface area contributed by atoms with Crippen molar-refractivity contribution in [3.63, 3.8) is 0 Å². The SMILES string of the molecule is CC(C)[N+](C)(C)CCc1c[nH]c2ccc(Cl)cc12. The predicted octanol–water partition coefficient (Wildman–Crippen LogP) is 3.85. The molecule has 0 radical (unpaired) electrons. The Labute approximate surface area is 114 Å². The Morgan fingerprint density at radius 1 is 1.28 bits per heavy atom. The number of nitrogens with one attached hydrogen (secondary N) is 1. The summed E-state index contributed by atoms with van der Waals surface area (Å²) in [5.41, 5.74) is 2.53. The fraction of sp³-hybridized carbons (Fsp3) is 0.467. The second kappa shape index (κ2) is 4.94. The molecule has 18 heavy (non-hydrogen) atoms. The van der Waals surface area contributed by atoms with Crippen molar-refractivity contribution in [3.8, 4) is 0 Å². The number of hydrogen-bond donors (Lipinski definition) is 1. The van der Waals surface area contributed by atoms with Crippen LogP contribution < -0.4 is 0 Å². The molecule has 1 N–H and O–H groups in total. The summed E-state index contributed by atoms with van der Waals surface area (Å²) in [6.07, 6.45) is 3.19. The van der Waals surface area contributed by atoms with Crippen LogP contribution in [-0.4, -0.2) is 36.1 Å². The number of rotatable bonds is 4. The standard InChI is InChI=1S/C15H22ClN2/c1-11(2)18(3,4)8-7-12-10-17-15-6-5-13(16)9-14(12)15/h5-6,9-11,17H,7-8H2,1-4H3/q+1. The molecule has 0 atom stereocenters. The molecule has 3 heteroatoms. The number of aromatic amines is 1. The molecular weight excluding hydrogens is 244 g/mol. The molecule has 2 aromatic rings. The van der Waals surface area contributed by atoms with Crippen LogP contribution in [0, 0.1) is 0 Å². The van der Waals surface area contributed by atoms with E-state index < -0.39 is 0 Å². The fourth-order valence-electron chi connectivity index (χ4n) is 2.02. The summed E-state index contributed by atoms with van der Waals surface area (Å²) < 4.78 is 1.03. The summed E-state index contributed by atoms with van der Waals surface area (Å²) >= 11 is 6.07. The maximum atomic E-state index is 6.07. The Bertz CT molecular complexity index is 540. The van der Waals surface area contributed by atoms with Gasteiger partial charge in [0, 0.05) is 28.5 Å². The largest absolute Gasteiger partial charge is 0.361 e. The summed E-state index contributed by atoms with van der Waals surface area (Å²) in [7, 11) is 4.57. The molecule has 2 rings (SSSR count). The smallest absolute Gasteiger partial charge is 0.0829 e. The molecule has 1 aromatic heterocycles. The van der Waals surface area contributed by atoms with Crippen LogP contribution in [-0.2, 0) is 6.42 Å². The molecule has 2 nitrogen and oxygen atoms in total. The summed E-state index contributed by atoms with van der Waals surface area (Å²) in [6, 6.07) is 6.67. The highest BCUT2D eigenvalue weighted by Gasteiger charge is 2.19. The number of fused-ring (bicyclic) bond motifs is 1. The van der Waals surface area contributed by atoms with Gasteiger partial charge in [0.15, 0.2) is 0 Å². The van der Waals surface area contributed by atoms with Gasteiger partial charge in [-0.3, -0.25) is 0 Å². The van der Waals surface area contributed by atoms with Crippen LogP contribution in [0.5, 0.6) is 0 Å². The van der Waals surface area contributed by atoms with Crippen molar-refractivity contribution in [1.82, 2.24) is 4.98 Å². The number of hydrogen-bond acceptors (Lipinski definition) is 0. The zero-order valence-electron chi connectivity index (χ0n) is 11.6. The van der Waals surface area contributed by atoms with E-state index in [1.165, 1.54) is 16.5 Å². The molecule has 0 aliphatic carbocycles. The Balaban J connectivity index is 2.20. The van der Waals surface area contributed by atoms with Gasteiger partial charge in [-0.25, -0.2) is 0 Å². The molecule has 0 unspecified atom stereocenters. The van der Waals surface area contributed by atoms with E-state index in [0.29, 0.717) is 6.04 Å². The Hall–Kier alpha value is -0.990. The summed E-state index contributed by atoms with van der Waals surface area (Å²) in [5.74, 6) is 0. The number of aromatic nitrogens is 1. The number of H-pyrrole nitrogens is 1. The van der Waals surface area contributed by atoms with Gasteiger partial charge in [-0.15, -0.1) is 0 Å². The van der Waals surface area contributed by atoms with Crippen molar-refractivity contribution >= 4 is 22.5 Å². The number of benzene rings is 1. The lowest BCUT2D eigenvalue weighted by atomic mass is 10.1. The van der Waals surface area contributed by atoms with Crippen LogP contribution in [0.1, 0.15) is 19.4 Å². The second-order valence-corrected chi connectivity index (χ2v) is 6.29. The number of nitrogens with zero attached hydrogens (tertiary/aromatic N) is 1. The van der Waals surface area contributed by atoms with Crippen LogP contribution >= 0.6 is 11.6 Å². The molecule has 0 aliphatic heterocycles. The van der Waals surface area contributed by atoms with E-state index in [4.69, 9.17) is 11.6 Å². The van der Waals surface area contributed by atoms with Crippen molar-refractivity contribution in [2.24, 2.45) is 0 Å². The third-order valence-corrected chi connectivity index (χ3v) is 4.32. The summed E-state index contributed by atoms with van der Waals surface area (Å²) in [5, 5.41) is 2.06. The maximum Gasteiger partial charge on any atom is 0.0829 e. The Morgan fingerprint density at radius 2 is 2.00 bits per heavy atom. The fourth-order valence-corrected chi connectivity index (χ4v) is 2.20. The van der Waals surface area contributed by atoms with Crippen molar-refractivity contribution < 1.29 is 4.48 Å². The van der Waals surface area contributed by atoms with E-state index in [2.05, 4.69) is 45.2 Å². The number of halogens is 1. The van der Waals surface area contributed by atoms with Crippen molar-refractivity contribution in [3.05, 3.63) is 35.0 Å². The molecule has 98 valence electrons. The van der Waals surface area contributed by atoms with Gasteiger partial charge in [-0.2, -0.15) is 0 Å². The Morgan fingerprint density at radius 3 is 2.67 bits per heavy atom. The van der Waals surface area contributed by atoms with Gasteiger partial charge >= 0.3 is 0 Å². The normalized spacial score (nSPS) is 12.6. The molecule has 1 heterocycles. The van der Waals surface area contributed by atoms with Crippen LogP contribution in [0.4, 0.5) is 0 Å². The minimum atomic E-state index is 0.638. The van der Waals surface area contributed by atoms with Crippen molar-refractivity contribution in [1.29, 1.82) is 0 Å². The molecule has 0 spiro atoms.